The highest BCUT2D eigenvalue weighted by Crippen LogP contribution is 2.21. The molecule has 0 spiro atoms. The first-order valence-corrected chi connectivity index (χ1v) is 5.61. The zero-order chi connectivity index (χ0) is 11.8. The minimum Gasteiger partial charge on any atom is -0.382 e. The average Bonchev–Trinajstić information content (AvgIpc) is 2.26. The molecular weight excluding hydrogens is 251 g/mol. The number of methoxy groups -OCH3 is 1. The van der Waals surface area contributed by atoms with Crippen molar-refractivity contribution in [3.05, 3.63) is 22.3 Å². The summed E-state index contributed by atoms with van der Waals surface area (Å²) in [5, 5.41) is 4.07. The SMILES string of the molecule is COCCOCCNc1ncc(Cl)cc1Cl. The molecule has 1 rings (SSSR count). The largest absolute Gasteiger partial charge is 0.382 e. The number of nitrogens with one attached hydrogen (secondary N) is 1. The highest BCUT2D eigenvalue weighted by atomic mass is 35.5. The third-order valence-electron chi connectivity index (χ3n) is 1.78. The summed E-state index contributed by atoms with van der Waals surface area (Å²) < 4.78 is 10.1. The lowest BCUT2D eigenvalue weighted by Crippen LogP contribution is -2.12. The Morgan fingerprint density at radius 2 is 2.12 bits per heavy atom. The summed E-state index contributed by atoms with van der Waals surface area (Å²) in [6.07, 6.45) is 1.54. The molecule has 0 fully saturated rings. The summed E-state index contributed by atoms with van der Waals surface area (Å²) in [7, 11) is 1.64. The van der Waals surface area contributed by atoms with Gasteiger partial charge in [0, 0.05) is 19.9 Å². The molecule has 0 saturated carbocycles. The zero-order valence-electron chi connectivity index (χ0n) is 9.00. The minimum atomic E-state index is 0.504. The van der Waals surface area contributed by atoms with Crippen LogP contribution >= 0.6 is 23.2 Å². The summed E-state index contributed by atoms with van der Waals surface area (Å²) >= 11 is 11.6. The van der Waals surface area contributed by atoms with Crippen LogP contribution in [0.25, 0.3) is 0 Å². The van der Waals surface area contributed by atoms with Crippen LogP contribution in [0, 0.1) is 0 Å². The molecule has 16 heavy (non-hydrogen) atoms. The van der Waals surface area contributed by atoms with Crippen molar-refractivity contribution in [3.8, 4) is 0 Å². The molecule has 0 aliphatic rings. The molecule has 4 nitrogen and oxygen atoms in total. The Balaban J connectivity index is 2.21. The number of nitrogens with zero attached hydrogens (tertiary/aromatic N) is 1. The third kappa shape index (κ3) is 4.99. The first-order valence-electron chi connectivity index (χ1n) is 4.85. The average molecular weight is 265 g/mol. The van der Waals surface area contributed by atoms with Gasteiger partial charge in [-0.3, -0.25) is 0 Å². The Labute approximate surface area is 105 Å². The highest BCUT2D eigenvalue weighted by Gasteiger charge is 2.01. The third-order valence-corrected chi connectivity index (χ3v) is 2.27. The van der Waals surface area contributed by atoms with Gasteiger partial charge in [0.25, 0.3) is 0 Å². The minimum absolute atomic E-state index is 0.504. The van der Waals surface area contributed by atoms with Crippen molar-refractivity contribution in [2.45, 2.75) is 0 Å². The number of pyridine rings is 1. The van der Waals surface area contributed by atoms with Gasteiger partial charge in [0.05, 0.1) is 29.9 Å². The van der Waals surface area contributed by atoms with Gasteiger partial charge < -0.3 is 14.8 Å². The number of halogens is 2. The Kier molecular flexibility index (Phi) is 6.49. The van der Waals surface area contributed by atoms with E-state index in [1.54, 1.807) is 19.4 Å². The summed E-state index contributed by atoms with van der Waals surface area (Å²) in [5.41, 5.74) is 0. The van der Waals surface area contributed by atoms with Gasteiger partial charge in [-0.1, -0.05) is 23.2 Å². The fourth-order valence-electron chi connectivity index (χ4n) is 1.03. The van der Waals surface area contributed by atoms with E-state index < -0.39 is 0 Å². The smallest absolute Gasteiger partial charge is 0.144 e. The molecule has 90 valence electrons. The Bertz CT molecular complexity index is 324. The van der Waals surface area contributed by atoms with Crippen molar-refractivity contribution in [1.29, 1.82) is 0 Å². The fourth-order valence-corrected chi connectivity index (χ4v) is 1.48. The molecule has 0 aliphatic carbocycles. The standard InChI is InChI=1S/C10H14Cl2N2O2/c1-15-4-5-16-3-2-13-10-9(12)6-8(11)7-14-10/h6-7H,2-5H2,1H3,(H,13,14). The second-order valence-corrected chi connectivity index (χ2v) is 3.86. The van der Waals surface area contributed by atoms with Crippen molar-refractivity contribution in [3.63, 3.8) is 0 Å². The Morgan fingerprint density at radius 3 is 2.81 bits per heavy atom. The topological polar surface area (TPSA) is 43.4 Å². The van der Waals surface area contributed by atoms with Crippen LogP contribution in [0.2, 0.25) is 10.0 Å². The number of hydrogen-bond donors (Lipinski definition) is 1. The van der Waals surface area contributed by atoms with Gasteiger partial charge in [-0.15, -0.1) is 0 Å². The second kappa shape index (κ2) is 7.68. The first-order chi connectivity index (χ1) is 7.74. The number of aromatic nitrogens is 1. The molecule has 1 aromatic rings. The van der Waals surface area contributed by atoms with Crippen LogP contribution in [0.4, 0.5) is 5.82 Å². The predicted molar refractivity (Wildman–Crippen MR) is 65.4 cm³/mol. The molecule has 1 aromatic heterocycles. The number of rotatable bonds is 7. The van der Waals surface area contributed by atoms with Crippen LogP contribution in [0.1, 0.15) is 0 Å². The highest BCUT2D eigenvalue weighted by molar-refractivity contribution is 6.35. The van der Waals surface area contributed by atoms with E-state index in [4.69, 9.17) is 32.7 Å². The lowest BCUT2D eigenvalue weighted by Gasteiger charge is -2.07. The lowest BCUT2D eigenvalue weighted by molar-refractivity contribution is 0.0759. The van der Waals surface area contributed by atoms with Crippen molar-refractivity contribution in [2.24, 2.45) is 0 Å². The van der Waals surface area contributed by atoms with Gasteiger partial charge >= 0.3 is 0 Å². The van der Waals surface area contributed by atoms with Crippen LogP contribution in [0.5, 0.6) is 0 Å². The maximum atomic E-state index is 5.92. The zero-order valence-corrected chi connectivity index (χ0v) is 10.5. The van der Waals surface area contributed by atoms with Gasteiger partial charge in [0.1, 0.15) is 5.82 Å². The second-order valence-electron chi connectivity index (χ2n) is 3.02. The maximum Gasteiger partial charge on any atom is 0.144 e. The van der Waals surface area contributed by atoms with Gasteiger partial charge in [0.15, 0.2) is 0 Å². The van der Waals surface area contributed by atoms with E-state index in [0.717, 1.165) is 0 Å². The molecular formula is C10H14Cl2N2O2. The molecule has 0 radical (unpaired) electrons. The summed E-state index contributed by atoms with van der Waals surface area (Å²) in [4.78, 5) is 4.06. The molecule has 0 amide bonds. The molecule has 6 heteroatoms. The van der Waals surface area contributed by atoms with Crippen LogP contribution in [-0.4, -0.2) is 38.5 Å². The van der Waals surface area contributed by atoms with E-state index in [0.29, 0.717) is 42.2 Å². The molecule has 0 aliphatic heterocycles. The number of hydrogen-bond acceptors (Lipinski definition) is 4. The molecule has 0 aromatic carbocycles. The molecule has 1 heterocycles. The monoisotopic (exact) mass is 264 g/mol. The van der Waals surface area contributed by atoms with E-state index >= 15 is 0 Å². The quantitative estimate of drug-likeness (QED) is 0.769. The van der Waals surface area contributed by atoms with Crippen molar-refractivity contribution < 1.29 is 9.47 Å². The van der Waals surface area contributed by atoms with Crippen LogP contribution in [0.3, 0.4) is 0 Å². The van der Waals surface area contributed by atoms with Gasteiger partial charge in [-0.25, -0.2) is 4.98 Å². The summed E-state index contributed by atoms with van der Waals surface area (Å²) in [6.45, 7) is 2.39. The van der Waals surface area contributed by atoms with Gasteiger partial charge in [0.2, 0.25) is 0 Å². The van der Waals surface area contributed by atoms with E-state index in [9.17, 15) is 0 Å². The van der Waals surface area contributed by atoms with Gasteiger partial charge in [-0.05, 0) is 6.07 Å². The molecule has 0 saturated heterocycles. The van der Waals surface area contributed by atoms with Crippen LogP contribution in [0.15, 0.2) is 12.3 Å². The summed E-state index contributed by atoms with van der Waals surface area (Å²) in [6, 6.07) is 1.64. The Morgan fingerprint density at radius 1 is 1.31 bits per heavy atom. The molecule has 0 atom stereocenters. The van der Waals surface area contributed by atoms with E-state index in [-0.39, 0.29) is 0 Å². The maximum absolute atomic E-state index is 5.92. The molecule has 0 bridgehead atoms. The normalized spacial score (nSPS) is 10.4. The van der Waals surface area contributed by atoms with Crippen molar-refractivity contribution in [2.75, 3.05) is 38.8 Å². The molecule has 1 N–H and O–H groups in total. The first kappa shape index (κ1) is 13.5. The van der Waals surface area contributed by atoms with Crippen molar-refractivity contribution in [1.82, 2.24) is 4.98 Å². The number of ether oxygens (including phenoxy) is 2. The number of anilines is 1. The van der Waals surface area contributed by atoms with E-state index in [1.165, 1.54) is 0 Å². The van der Waals surface area contributed by atoms with Crippen LogP contribution < -0.4 is 5.32 Å². The fraction of sp³-hybridized carbons (Fsp3) is 0.500. The predicted octanol–water partition coefficient (Wildman–Crippen LogP) is 2.46. The molecule has 0 unspecified atom stereocenters. The Hall–Kier alpha value is -0.550. The van der Waals surface area contributed by atoms with E-state index in [2.05, 4.69) is 10.3 Å². The van der Waals surface area contributed by atoms with Gasteiger partial charge in [-0.2, -0.15) is 0 Å². The summed E-state index contributed by atoms with van der Waals surface area (Å²) in [5.74, 6) is 0.612. The van der Waals surface area contributed by atoms with Crippen molar-refractivity contribution >= 4 is 29.0 Å². The van der Waals surface area contributed by atoms with Crippen LogP contribution in [-0.2, 0) is 9.47 Å². The van der Waals surface area contributed by atoms with E-state index in [1.807, 2.05) is 0 Å². The lowest BCUT2D eigenvalue weighted by atomic mass is 10.4.